The molecule has 1 saturated heterocycles. The van der Waals surface area contributed by atoms with Crippen molar-refractivity contribution < 1.29 is 9.53 Å². The van der Waals surface area contributed by atoms with E-state index >= 15 is 0 Å². The lowest BCUT2D eigenvalue weighted by molar-refractivity contribution is 0.0527. The van der Waals surface area contributed by atoms with Crippen LogP contribution in [0.15, 0.2) is 11.2 Å². The molecule has 0 saturated carbocycles. The van der Waals surface area contributed by atoms with Crippen LogP contribution in [0.1, 0.15) is 36.5 Å². The minimum atomic E-state index is -0.385. The predicted molar refractivity (Wildman–Crippen MR) is 68.1 cm³/mol. The number of piperidine rings is 1. The van der Waals surface area contributed by atoms with Gasteiger partial charge < -0.3 is 9.64 Å². The molecule has 0 amide bonds. The van der Waals surface area contributed by atoms with Gasteiger partial charge in [-0.15, -0.1) is 0 Å². The number of aliphatic imine (C=N–C) groups is 1. The number of carbonyl (C=O) groups excluding carboxylic acids is 1. The topological polar surface area (TPSA) is 70.6 Å². The molecule has 98 valence electrons. The Labute approximate surface area is 106 Å². The molecule has 2 rings (SSSR count). The van der Waals surface area contributed by atoms with E-state index in [2.05, 4.69) is 20.1 Å². The van der Waals surface area contributed by atoms with Crippen LogP contribution in [0.2, 0.25) is 0 Å². The van der Waals surface area contributed by atoms with E-state index in [1.807, 2.05) is 7.05 Å². The Bertz CT molecular complexity index is 453. The fourth-order valence-electron chi connectivity index (χ4n) is 1.95. The lowest BCUT2D eigenvalue weighted by atomic mass is 10.1. The first-order valence-electron chi connectivity index (χ1n) is 6.21. The van der Waals surface area contributed by atoms with Crippen molar-refractivity contribution in [1.82, 2.24) is 15.1 Å². The molecule has 0 aromatic carbocycles. The second-order valence-corrected chi connectivity index (χ2v) is 4.26. The van der Waals surface area contributed by atoms with Gasteiger partial charge in [-0.1, -0.05) is 0 Å². The second kappa shape index (κ2) is 5.66. The van der Waals surface area contributed by atoms with Crippen LogP contribution in [0.3, 0.4) is 0 Å². The Morgan fingerprint density at radius 2 is 2.44 bits per heavy atom. The number of hydrogen-bond acceptors (Lipinski definition) is 4. The Balaban J connectivity index is 2.21. The third kappa shape index (κ3) is 2.69. The maximum Gasteiger partial charge on any atom is 0.343 e. The molecule has 1 aromatic heterocycles. The lowest BCUT2D eigenvalue weighted by Crippen LogP contribution is -2.31. The number of aromatic amines is 1. The van der Waals surface area contributed by atoms with Gasteiger partial charge in [0, 0.05) is 20.0 Å². The van der Waals surface area contributed by atoms with E-state index in [9.17, 15) is 4.79 Å². The summed E-state index contributed by atoms with van der Waals surface area (Å²) in [5, 5.41) is 6.61. The summed E-state index contributed by atoms with van der Waals surface area (Å²) in [6.07, 6.45) is 4.70. The molecule has 0 radical (unpaired) electrons. The van der Waals surface area contributed by atoms with Crippen LogP contribution in [-0.2, 0) is 4.74 Å². The SMILES string of the molecule is CCOC(=O)c1cn[nH]c1N=C1CCCCN1C. The van der Waals surface area contributed by atoms with Gasteiger partial charge in [0.1, 0.15) is 11.4 Å². The van der Waals surface area contributed by atoms with Crippen LogP contribution in [0, 0.1) is 0 Å². The standard InChI is InChI=1S/C12H18N4O2/c1-3-18-12(17)9-8-13-15-11(9)14-10-6-4-5-7-16(10)2/h8H,3-7H2,1-2H3,(H,13,15). The number of amidine groups is 1. The van der Waals surface area contributed by atoms with Gasteiger partial charge in [0.15, 0.2) is 5.82 Å². The Kier molecular flexibility index (Phi) is 3.96. The molecule has 0 bridgehead atoms. The summed E-state index contributed by atoms with van der Waals surface area (Å²) in [5.74, 6) is 1.08. The first-order chi connectivity index (χ1) is 8.72. The summed E-state index contributed by atoms with van der Waals surface area (Å²) >= 11 is 0. The maximum atomic E-state index is 11.7. The van der Waals surface area contributed by atoms with Crippen LogP contribution in [-0.4, -0.2) is 47.1 Å². The summed E-state index contributed by atoms with van der Waals surface area (Å²) in [6, 6.07) is 0. The van der Waals surface area contributed by atoms with Crippen molar-refractivity contribution in [2.45, 2.75) is 26.2 Å². The average molecular weight is 250 g/mol. The number of esters is 1. The largest absolute Gasteiger partial charge is 0.462 e. The van der Waals surface area contributed by atoms with Crippen molar-refractivity contribution >= 4 is 17.6 Å². The van der Waals surface area contributed by atoms with E-state index in [1.54, 1.807) is 6.92 Å². The van der Waals surface area contributed by atoms with E-state index in [0.717, 1.165) is 25.2 Å². The van der Waals surface area contributed by atoms with Crippen LogP contribution >= 0.6 is 0 Å². The van der Waals surface area contributed by atoms with Gasteiger partial charge in [0.2, 0.25) is 0 Å². The summed E-state index contributed by atoms with van der Waals surface area (Å²) < 4.78 is 4.96. The number of ether oxygens (including phenoxy) is 1. The average Bonchev–Trinajstić information content (AvgIpc) is 2.81. The number of hydrogen-bond donors (Lipinski definition) is 1. The Morgan fingerprint density at radius 3 is 3.17 bits per heavy atom. The predicted octanol–water partition coefficient (Wildman–Crippen LogP) is 1.73. The van der Waals surface area contributed by atoms with Gasteiger partial charge in [-0.25, -0.2) is 9.79 Å². The monoisotopic (exact) mass is 250 g/mol. The quantitative estimate of drug-likeness (QED) is 0.829. The molecule has 6 heteroatoms. The van der Waals surface area contributed by atoms with Crippen molar-refractivity contribution in [2.24, 2.45) is 4.99 Å². The van der Waals surface area contributed by atoms with E-state index in [0.29, 0.717) is 18.0 Å². The second-order valence-electron chi connectivity index (χ2n) is 4.26. The summed E-state index contributed by atoms with van der Waals surface area (Å²) in [5.41, 5.74) is 0.392. The zero-order chi connectivity index (χ0) is 13.0. The van der Waals surface area contributed by atoms with Crippen LogP contribution < -0.4 is 0 Å². The van der Waals surface area contributed by atoms with Gasteiger partial charge in [-0.2, -0.15) is 5.10 Å². The maximum absolute atomic E-state index is 11.7. The Morgan fingerprint density at radius 1 is 1.61 bits per heavy atom. The van der Waals surface area contributed by atoms with Crippen molar-refractivity contribution in [2.75, 3.05) is 20.2 Å². The number of rotatable bonds is 3. The normalized spacial score (nSPS) is 18.1. The molecule has 1 aromatic rings. The van der Waals surface area contributed by atoms with Crippen molar-refractivity contribution in [3.05, 3.63) is 11.8 Å². The first kappa shape index (κ1) is 12.6. The third-order valence-electron chi connectivity index (χ3n) is 2.94. The van der Waals surface area contributed by atoms with E-state index < -0.39 is 0 Å². The molecule has 0 atom stereocenters. The molecule has 6 nitrogen and oxygen atoms in total. The highest BCUT2D eigenvalue weighted by Crippen LogP contribution is 2.19. The first-order valence-corrected chi connectivity index (χ1v) is 6.21. The number of nitrogens with one attached hydrogen (secondary N) is 1. The highest BCUT2D eigenvalue weighted by Gasteiger charge is 2.17. The molecule has 1 fully saturated rings. The highest BCUT2D eigenvalue weighted by atomic mass is 16.5. The molecule has 1 aliphatic rings. The number of carbonyl (C=O) groups is 1. The molecule has 0 unspecified atom stereocenters. The fraction of sp³-hybridized carbons (Fsp3) is 0.583. The van der Waals surface area contributed by atoms with E-state index in [4.69, 9.17) is 4.74 Å². The molecule has 0 spiro atoms. The minimum absolute atomic E-state index is 0.347. The zero-order valence-electron chi connectivity index (χ0n) is 10.8. The lowest BCUT2D eigenvalue weighted by Gasteiger charge is -2.25. The van der Waals surface area contributed by atoms with Crippen LogP contribution in [0.25, 0.3) is 0 Å². The van der Waals surface area contributed by atoms with Gasteiger partial charge in [0.25, 0.3) is 0 Å². The van der Waals surface area contributed by atoms with Gasteiger partial charge in [-0.3, -0.25) is 5.10 Å². The van der Waals surface area contributed by atoms with Crippen molar-refractivity contribution in [3.63, 3.8) is 0 Å². The Hall–Kier alpha value is -1.85. The molecule has 2 heterocycles. The molecule has 1 aliphatic heterocycles. The summed E-state index contributed by atoms with van der Waals surface area (Å²) in [4.78, 5) is 18.3. The molecular weight excluding hydrogens is 232 g/mol. The van der Waals surface area contributed by atoms with Crippen molar-refractivity contribution in [3.8, 4) is 0 Å². The summed E-state index contributed by atoms with van der Waals surface area (Å²) in [6.45, 7) is 3.13. The molecule has 18 heavy (non-hydrogen) atoms. The smallest absolute Gasteiger partial charge is 0.343 e. The highest BCUT2D eigenvalue weighted by molar-refractivity contribution is 5.95. The van der Waals surface area contributed by atoms with Gasteiger partial charge in [0.05, 0.1) is 12.8 Å². The number of H-pyrrole nitrogens is 1. The molecule has 1 N–H and O–H groups in total. The van der Waals surface area contributed by atoms with E-state index in [-0.39, 0.29) is 5.97 Å². The number of nitrogens with zero attached hydrogens (tertiary/aromatic N) is 3. The summed E-state index contributed by atoms with van der Waals surface area (Å²) in [7, 11) is 2.01. The molecule has 0 aliphatic carbocycles. The fourth-order valence-corrected chi connectivity index (χ4v) is 1.95. The number of likely N-dealkylation sites (tertiary alicyclic amines) is 1. The van der Waals surface area contributed by atoms with Crippen LogP contribution in [0.4, 0.5) is 5.82 Å². The number of aromatic nitrogens is 2. The van der Waals surface area contributed by atoms with Gasteiger partial charge >= 0.3 is 5.97 Å². The molecular formula is C12H18N4O2. The third-order valence-corrected chi connectivity index (χ3v) is 2.94. The van der Waals surface area contributed by atoms with E-state index in [1.165, 1.54) is 12.6 Å². The zero-order valence-corrected chi connectivity index (χ0v) is 10.8. The van der Waals surface area contributed by atoms with Gasteiger partial charge in [-0.05, 0) is 19.8 Å². The minimum Gasteiger partial charge on any atom is -0.462 e. The van der Waals surface area contributed by atoms with Crippen LogP contribution in [0.5, 0.6) is 0 Å². The van der Waals surface area contributed by atoms with Crippen molar-refractivity contribution in [1.29, 1.82) is 0 Å².